The number of halogens is 3. The number of rotatable bonds is 1. The molecule has 0 spiro atoms. The van der Waals surface area contributed by atoms with Gasteiger partial charge >= 0.3 is 5.69 Å². The predicted octanol–water partition coefficient (Wildman–Crippen LogP) is 2.99. The maximum absolute atomic E-state index is 12.8. The zero-order chi connectivity index (χ0) is 9.30. The second-order valence-electron chi connectivity index (χ2n) is 1.95. The van der Waals surface area contributed by atoms with Crippen LogP contribution in [0.2, 0.25) is 5.02 Å². The lowest BCUT2D eigenvalue weighted by Crippen LogP contribution is -1.95. The molecule has 0 fully saturated rings. The monoisotopic (exact) mass is 301 g/mol. The highest BCUT2D eigenvalue weighted by Crippen LogP contribution is 2.30. The van der Waals surface area contributed by atoms with E-state index in [1.165, 1.54) is 6.07 Å². The van der Waals surface area contributed by atoms with Crippen molar-refractivity contribution in [1.82, 2.24) is 0 Å². The van der Waals surface area contributed by atoms with E-state index in [2.05, 4.69) is 0 Å². The van der Waals surface area contributed by atoms with Crippen LogP contribution in [0, 0.1) is 19.5 Å². The predicted molar refractivity (Wildman–Crippen MR) is 50.8 cm³/mol. The van der Waals surface area contributed by atoms with Crippen molar-refractivity contribution in [3.8, 4) is 0 Å². The molecule has 0 aromatic heterocycles. The first-order chi connectivity index (χ1) is 5.54. The van der Waals surface area contributed by atoms with Gasteiger partial charge in [0.05, 0.1) is 9.95 Å². The first-order valence-electron chi connectivity index (χ1n) is 2.82. The van der Waals surface area contributed by atoms with Gasteiger partial charge in [-0.2, -0.15) is 4.39 Å². The van der Waals surface area contributed by atoms with Gasteiger partial charge in [-0.15, -0.1) is 0 Å². The van der Waals surface area contributed by atoms with Crippen molar-refractivity contribution >= 4 is 39.9 Å². The summed E-state index contributed by atoms with van der Waals surface area (Å²) in [6, 6.07) is 2.26. The van der Waals surface area contributed by atoms with E-state index in [0.717, 1.165) is 6.07 Å². The van der Waals surface area contributed by atoms with Gasteiger partial charge < -0.3 is 0 Å². The number of hydrogen-bond acceptors (Lipinski definition) is 2. The standard InChI is InChI=1S/C6H2ClFINO2/c7-3-1-2-4(8)6(5(3)9)10(11)12/h1-2H. The minimum atomic E-state index is -0.867. The molecule has 12 heavy (non-hydrogen) atoms. The highest BCUT2D eigenvalue weighted by Gasteiger charge is 2.20. The van der Waals surface area contributed by atoms with Crippen LogP contribution in [0.15, 0.2) is 12.1 Å². The minimum Gasteiger partial charge on any atom is -0.258 e. The Kier molecular flexibility index (Phi) is 2.84. The van der Waals surface area contributed by atoms with Crippen molar-refractivity contribution in [2.75, 3.05) is 0 Å². The van der Waals surface area contributed by atoms with Gasteiger partial charge in [0, 0.05) is 0 Å². The summed E-state index contributed by atoms with van der Waals surface area (Å²) in [5.41, 5.74) is -0.567. The molecule has 0 heterocycles. The summed E-state index contributed by atoms with van der Waals surface area (Å²) >= 11 is 7.18. The van der Waals surface area contributed by atoms with Crippen molar-refractivity contribution in [3.63, 3.8) is 0 Å². The lowest BCUT2D eigenvalue weighted by Gasteiger charge is -1.97. The fourth-order valence-electron chi connectivity index (χ4n) is 0.684. The molecule has 0 unspecified atom stereocenters. The molecule has 0 bridgehead atoms. The van der Waals surface area contributed by atoms with E-state index in [-0.39, 0.29) is 8.59 Å². The molecule has 0 atom stereocenters. The molecule has 0 aliphatic heterocycles. The Morgan fingerprint density at radius 3 is 2.58 bits per heavy atom. The summed E-state index contributed by atoms with van der Waals surface area (Å²) in [4.78, 5) is 9.51. The molecule has 0 saturated carbocycles. The molecule has 3 nitrogen and oxygen atoms in total. The van der Waals surface area contributed by atoms with Crippen LogP contribution in [0.1, 0.15) is 0 Å². The summed E-state index contributed by atoms with van der Waals surface area (Å²) in [6.07, 6.45) is 0. The van der Waals surface area contributed by atoms with Crippen molar-refractivity contribution in [1.29, 1.82) is 0 Å². The SMILES string of the molecule is O=[N+]([O-])c1c(F)ccc(Cl)c1I. The first kappa shape index (κ1) is 9.66. The van der Waals surface area contributed by atoms with Crippen LogP contribution in [0.25, 0.3) is 0 Å². The Labute approximate surface area is 85.8 Å². The normalized spacial score (nSPS) is 9.92. The molecule has 0 radical (unpaired) electrons. The number of benzene rings is 1. The summed E-state index contributed by atoms with van der Waals surface area (Å²) in [6.45, 7) is 0. The highest BCUT2D eigenvalue weighted by molar-refractivity contribution is 14.1. The summed E-state index contributed by atoms with van der Waals surface area (Å²) in [7, 11) is 0. The van der Waals surface area contributed by atoms with Crippen molar-refractivity contribution in [2.45, 2.75) is 0 Å². The molecule has 0 amide bonds. The molecule has 0 aliphatic carbocycles. The number of nitrogens with zero attached hydrogens (tertiary/aromatic N) is 1. The van der Waals surface area contributed by atoms with Crippen molar-refractivity contribution < 1.29 is 9.31 Å². The van der Waals surface area contributed by atoms with Gasteiger partial charge in [0.15, 0.2) is 0 Å². The lowest BCUT2D eigenvalue weighted by atomic mass is 10.3. The van der Waals surface area contributed by atoms with Crippen molar-refractivity contribution in [3.05, 3.63) is 36.7 Å². The van der Waals surface area contributed by atoms with Gasteiger partial charge in [-0.3, -0.25) is 10.1 Å². The molecule has 1 aromatic rings. The Hall–Kier alpha value is -0.430. The third-order valence-electron chi connectivity index (χ3n) is 1.20. The van der Waals surface area contributed by atoms with Gasteiger partial charge in [-0.25, -0.2) is 0 Å². The van der Waals surface area contributed by atoms with Crippen LogP contribution >= 0.6 is 34.2 Å². The molecular weight excluding hydrogens is 299 g/mol. The van der Waals surface area contributed by atoms with Gasteiger partial charge in [-0.1, -0.05) is 11.6 Å². The Morgan fingerprint density at radius 2 is 2.17 bits per heavy atom. The highest BCUT2D eigenvalue weighted by atomic mass is 127. The molecule has 6 heteroatoms. The Balaban J connectivity index is 3.43. The molecular formula is C6H2ClFINO2. The lowest BCUT2D eigenvalue weighted by molar-refractivity contribution is -0.388. The topological polar surface area (TPSA) is 43.1 Å². The molecule has 0 aliphatic rings. The van der Waals surface area contributed by atoms with Crippen LogP contribution in [0.5, 0.6) is 0 Å². The van der Waals surface area contributed by atoms with Crippen LogP contribution in [-0.4, -0.2) is 4.92 Å². The third kappa shape index (κ3) is 1.66. The summed E-state index contributed by atoms with van der Waals surface area (Å²) in [5.74, 6) is -0.867. The quantitative estimate of drug-likeness (QED) is 0.346. The number of nitro groups is 1. The Morgan fingerprint density at radius 1 is 1.58 bits per heavy atom. The Bertz CT molecular complexity index is 345. The average molecular weight is 301 g/mol. The van der Waals surface area contributed by atoms with Gasteiger partial charge in [0.2, 0.25) is 5.82 Å². The zero-order valence-corrected chi connectivity index (χ0v) is 8.47. The van der Waals surface area contributed by atoms with Crippen LogP contribution in [0.3, 0.4) is 0 Å². The summed E-state index contributed by atoms with van der Waals surface area (Å²) < 4.78 is 12.9. The van der Waals surface area contributed by atoms with E-state index >= 15 is 0 Å². The number of hydrogen-bond donors (Lipinski definition) is 0. The molecule has 1 rings (SSSR count). The first-order valence-corrected chi connectivity index (χ1v) is 4.27. The van der Waals surface area contributed by atoms with E-state index < -0.39 is 16.4 Å². The summed E-state index contributed by atoms with van der Waals surface area (Å²) in [5, 5.41) is 10.5. The smallest absolute Gasteiger partial charge is 0.258 e. The van der Waals surface area contributed by atoms with E-state index in [9.17, 15) is 14.5 Å². The maximum atomic E-state index is 12.8. The van der Waals surface area contributed by atoms with E-state index in [4.69, 9.17) is 11.6 Å². The molecule has 1 aromatic carbocycles. The van der Waals surface area contributed by atoms with Gasteiger partial charge in [-0.05, 0) is 34.7 Å². The van der Waals surface area contributed by atoms with E-state index in [1.807, 2.05) is 0 Å². The fraction of sp³-hybridized carbons (Fsp3) is 0. The second kappa shape index (κ2) is 3.53. The molecule has 0 saturated heterocycles. The van der Waals surface area contributed by atoms with Gasteiger partial charge in [0.1, 0.15) is 3.57 Å². The molecule has 0 N–H and O–H groups in total. The zero-order valence-electron chi connectivity index (χ0n) is 5.55. The van der Waals surface area contributed by atoms with Crippen LogP contribution in [0.4, 0.5) is 10.1 Å². The van der Waals surface area contributed by atoms with Crippen LogP contribution in [-0.2, 0) is 0 Å². The third-order valence-corrected chi connectivity index (χ3v) is 2.93. The maximum Gasteiger partial charge on any atom is 0.319 e. The van der Waals surface area contributed by atoms with Crippen molar-refractivity contribution in [2.24, 2.45) is 0 Å². The van der Waals surface area contributed by atoms with E-state index in [1.54, 1.807) is 22.6 Å². The minimum absolute atomic E-state index is 0.124. The van der Waals surface area contributed by atoms with E-state index in [0.29, 0.717) is 0 Å². The second-order valence-corrected chi connectivity index (χ2v) is 3.43. The number of nitro benzene ring substituents is 1. The largest absolute Gasteiger partial charge is 0.319 e. The van der Waals surface area contributed by atoms with Crippen LogP contribution < -0.4 is 0 Å². The molecule has 64 valence electrons. The fourth-order valence-corrected chi connectivity index (χ4v) is 1.47. The average Bonchev–Trinajstić information content (AvgIpc) is 1.97. The van der Waals surface area contributed by atoms with Gasteiger partial charge in [0.25, 0.3) is 0 Å².